The number of fused-ring (bicyclic) bond motifs is 1. The summed E-state index contributed by atoms with van der Waals surface area (Å²) < 4.78 is 12.2. The van der Waals surface area contributed by atoms with Crippen LogP contribution in [-0.4, -0.2) is 35.3 Å². The quantitative estimate of drug-likeness (QED) is 0.238. The Balaban J connectivity index is 1.93. The summed E-state index contributed by atoms with van der Waals surface area (Å²) in [5.41, 5.74) is 0.125. The van der Waals surface area contributed by atoms with E-state index < -0.39 is 29.3 Å². The molecule has 0 spiro atoms. The molecule has 0 radical (unpaired) electrons. The number of benzene rings is 2. The second kappa shape index (κ2) is 11.8. The first-order chi connectivity index (χ1) is 18.4. The Morgan fingerprint density at radius 3 is 2.28 bits per heavy atom. The lowest BCUT2D eigenvalue weighted by molar-refractivity contribution is -0.138. The minimum atomic E-state index is -0.965. The van der Waals surface area contributed by atoms with E-state index in [1.165, 1.54) is 4.90 Å². The van der Waals surface area contributed by atoms with Gasteiger partial charge in [0.1, 0.15) is 11.8 Å². The maximum Gasteiger partial charge on any atom is 0.419 e. The summed E-state index contributed by atoms with van der Waals surface area (Å²) in [6, 6.07) is 13.1. The summed E-state index contributed by atoms with van der Waals surface area (Å²) in [5, 5.41) is 1.70. The Hall–Kier alpha value is -2.05. The maximum atomic E-state index is 14.3. The number of amides is 2. The summed E-state index contributed by atoms with van der Waals surface area (Å²) in [4.78, 5) is 29.1. The van der Waals surface area contributed by atoms with Crippen LogP contribution in [-0.2, 0) is 14.3 Å². The molecule has 2 aromatic rings. The number of halogens is 3. The van der Waals surface area contributed by atoms with Crippen LogP contribution in [0.3, 0.4) is 0 Å². The van der Waals surface area contributed by atoms with Crippen LogP contribution >= 0.6 is 34.8 Å². The highest BCUT2D eigenvalue weighted by Crippen LogP contribution is 2.60. The third-order valence-electron chi connectivity index (χ3n) is 7.69. The lowest BCUT2D eigenvalue weighted by Gasteiger charge is -2.44. The monoisotopic (exact) mass is 591 g/mol. The Kier molecular flexibility index (Phi) is 9.07. The standard InChI is InChI=1S/C31H36Cl3NO4/c1-6-8-17-38-27-26-25(19-9-11-20(32)12-10-19)23(22-14-13-21(33)18-24(22)34)15-16-31(26,7-2)28(36)35(27)29(37)39-30(3,4)5/h9-16,18,23,25-27H,6-8,17H2,1-5H3/t23-,25-,26+,27?,31+/m0/s1. The normalized spacial score (nSPS) is 26.6. The van der Waals surface area contributed by atoms with Crippen molar-refractivity contribution in [3.05, 3.63) is 80.8 Å². The zero-order chi connectivity index (χ0) is 28.5. The highest BCUT2D eigenvalue weighted by molar-refractivity contribution is 6.35. The van der Waals surface area contributed by atoms with Crippen molar-refractivity contribution >= 4 is 46.8 Å². The van der Waals surface area contributed by atoms with Gasteiger partial charge in [-0.15, -0.1) is 0 Å². The lowest BCUT2D eigenvalue weighted by Crippen LogP contribution is -2.45. The SMILES string of the molecule is CCCCOC1[C@H]2[C@@H](c3ccc(Cl)cc3)[C@H](c3ccc(Cl)cc3Cl)C=C[C@@]2(CC)C(=O)N1C(=O)OC(C)(C)C. The van der Waals surface area contributed by atoms with Crippen LogP contribution in [0.5, 0.6) is 0 Å². The highest BCUT2D eigenvalue weighted by atomic mass is 35.5. The van der Waals surface area contributed by atoms with Crippen molar-refractivity contribution in [2.75, 3.05) is 6.61 Å². The second-order valence-electron chi connectivity index (χ2n) is 11.3. The molecule has 1 saturated heterocycles. The van der Waals surface area contributed by atoms with Crippen LogP contribution in [0.2, 0.25) is 15.1 Å². The molecule has 39 heavy (non-hydrogen) atoms. The van der Waals surface area contributed by atoms with Gasteiger partial charge in [-0.1, -0.05) is 85.4 Å². The fourth-order valence-corrected chi connectivity index (χ4v) is 6.55. The third kappa shape index (κ3) is 5.88. The van der Waals surface area contributed by atoms with Crippen LogP contribution in [0.15, 0.2) is 54.6 Å². The van der Waals surface area contributed by atoms with Crippen LogP contribution in [0.1, 0.15) is 76.8 Å². The number of allylic oxidation sites excluding steroid dienone is 1. The number of ether oxygens (including phenoxy) is 2. The smallest absolute Gasteiger partial charge is 0.419 e. The van der Waals surface area contributed by atoms with Crippen LogP contribution in [0, 0.1) is 11.3 Å². The molecular formula is C31H36Cl3NO4. The van der Waals surface area contributed by atoms with Crippen LogP contribution in [0.25, 0.3) is 0 Å². The molecule has 0 N–H and O–H groups in total. The summed E-state index contributed by atoms with van der Waals surface area (Å²) in [6.45, 7) is 9.82. The average Bonchev–Trinajstić information content (AvgIpc) is 3.12. The highest BCUT2D eigenvalue weighted by Gasteiger charge is 2.65. The summed E-state index contributed by atoms with van der Waals surface area (Å²) >= 11 is 19.3. The molecule has 1 fully saturated rings. The van der Waals surface area contributed by atoms with E-state index in [0.717, 1.165) is 24.0 Å². The van der Waals surface area contributed by atoms with Crippen molar-refractivity contribution in [3.8, 4) is 0 Å². The Labute approximate surface area is 246 Å². The molecule has 1 aliphatic heterocycles. The van der Waals surface area contributed by atoms with Gasteiger partial charge in [0.25, 0.3) is 0 Å². The molecule has 0 aromatic heterocycles. The molecule has 5 atom stereocenters. The zero-order valence-corrected chi connectivity index (χ0v) is 25.3. The molecule has 4 rings (SSSR count). The van der Waals surface area contributed by atoms with Crippen molar-refractivity contribution in [1.82, 2.24) is 4.90 Å². The van der Waals surface area contributed by atoms with E-state index in [-0.39, 0.29) is 17.7 Å². The zero-order valence-electron chi connectivity index (χ0n) is 23.0. The van der Waals surface area contributed by atoms with E-state index in [1.807, 2.05) is 55.5 Å². The molecule has 210 valence electrons. The van der Waals surface area contributed by atoms with Crippen molar-refractivity contribution in [1.29, 1.82) is 0 Å². The fraction of sp³-hybridized carbons (Fsp3) is 0.484. The first kappa shape index (κ1) is 29.9. The van der Waals surface area contributed by atoms with Crippen molar-refractivity contribution < 1.29 is 19.1 Å². The Bertz CT molecular complexity index is 1240. The minimum Gasteiger partial charge on any atom is -0.443 e. The number of imide groups is 1. The summed E-state index contributed by atoms with van der Waals surface area (Å²) in [6.07, 6.45) is 4.70. The van der Waals surface area contributed by atoms with E-state index in [4.69, 9.17) is 44.3 Å². The molecule has 2 aromatic carbocycles. The number of rotatable bonds is 7. The van der Waals surface area contributed by atoms with Gasteiger partial charge in [-0.3, -0.25) is 4.79 Å². The molecule has 0 bridgehead atoms. The van der Waals surface area contributed by atoms with Gasteiger partial charge in [0, 0.05) is 39.4 Å². The predicted octanol–water partition coefficient (Wildman–Crippen LogP) is 9.02. The molecule has 5 nitrogen and oxygen atoms in total. The number of hydrogen-bond acceptors (Lipinski definition) is 4. The molecule has 2 aliphatic rings. The largest absolute Gasteiger partial charge is 0.443 e. The summed E-state index contributed by atoms with van der Waals surface area (Å²) in [7, 11) is 0. The minimum absolute atomic E-state index is 0.204. The molecule has 1 unspecified atom stereocenters. The number of carbonyl (C=O) groups excluding carboxylic acids is 2. The van der Waals surface area contributed by atoms with E-state index in [2.05, 4.69) is 6.92 Å². The molecule has 8 heteroatoms. The van der Waals surface area contributed by atoms with E-state index in [0.29, 0.717) is 28.1 Å². The second-order valence-corrected chi connectivity index (χ2v) is 12.6. The number of hydrogen-bond donors (Lipinski definition) is 0. The van der Waals surface area contributed by atoms with Crippen molar-refractivity contribution in [3.63, 3.8) is 0 Å². The van der Waals surface area contributed by atoms with Gasteiger partial charge in [0.05, 0.1) is 5.41 Å². The number of likely N-dealkylation sites (tertiary alicyclic amines) is 1. The molecular weight excluding hydrogens is 557 g/mol. The van der Waals surface area contributed by atoms with Gasteiger partial charge in [-0.05, 0) is 69.0 Å². The molecule has 1 aliphatic carbocycles. The van der Waals surface area contributed by atoms with E-state index in [1.54, 1.807) is 26.8 Å². The maximum absolute atomic E-state index is 14.3. The third-order valence-corrected chi connectivity index (χ3v) is 8.50. The van der Waals surface area contributed by atoms with Gasteiger partial charge in [0.15, 0.2) is 0 Å². The van der Waals surface area contributed by atoms with Gasteiger partial charge in [-0.25, -0.2) is 9.69 Å². The average molecular weight is 593 g/mol. The topological polar surface area (TPSA) is 55.8 Å². The first-order valence-electron chi connectivity index (χ1n) is 13.5. The van der Waals surface area contributed by atoms with Crippen molar-refractivity contribution in [2.45, 2.75) is 77.5 Å². The van der Waals surface area contributed by atoms with E-state index >= 15 is 0 Å². The Morgan fingerprint density at radius 1 is 1.03 bits per heavy atom. The van der Waals surface area contributed by atoms with Gasteiger partial charge >= 0.3 is 6.09 Å². The summed E-state index contributed by atoms with van der Waals surface area (Å²) in [5.74, 6) is -1.16. The molecule has 2 amide bonds. The first-order valence-corrected chi connectivity index (χ1v) is 14.6. The molecule has 1 heterocycles. The lowest BCUT2D eigenvalue weighted by atomic mass is 9.58. The van der Waals surface area contributed by atoms with Crippen molar-refractivity contribution in [2.24, 2.45) is 11.3 Å². The van der Waals surface area contributed by atoms with E-state index in [9.17, 15) is 9.59 Å². The van der Waals surface area contributed by atoms with Crippen LogP contribution in [0.4, 0.5) is 4.79 Å². The molecule has 0 saturated carbocycles. The predicted molar refractivity (Wildman–Crippen MR) is 156 cm³/mol. The fourth-order valence-electron chi connectivity index (χ4n) is 5.89. The van der Waals surface area contributed by atoms with Gasteiger partial charge in [0.2, 0.25) is 5.91 Å². The van der Waals surface area contributed by atoms with Crippen LogP contribution < -0.4 is 0 Å². The Morgan fingerprint density at radius 2 is 1.69 bits per heavy atom. The van der Waals surface area contributed by atoms with Gasteiger partial charge < -0.3 is 9.47 Å². The van der Waals surface area contributed by atoms with Gasteiger partial charge in [-0.2, -0.15) is 0 Å². The number of carbonyl (C=O) groups is 2. The number of nitrogens with zero attached hydrogens (tertiary/aromatic N) is 1. The number of unbranched alkanes of at least 4 members (excludes halogenated alkanes) is 1.